The molecule has 0 atom stereocenters. The van der Waals surface area contributed by atoms with Crippen LogP contribution in [0.2, 0.25) is 0 Å². The molecule has 0 aliphatic heterocycles. The number of carboxylic acids is 1. The minimum atomic E-state index is -0.793. The van der Waals surface area contributed by atoms with Crippen LogP contribution in [0.25, 0.3) is 0 Å². The lowest BCUT2D eigenvalue weighted by Gasteiger charge is -2.01. The normalized spacial score (nSPS) is 10.7. The fourth-order valence-corrected chi connectivity index (χ4v) is 0.986. The second kappa shape index (κ2) is 10.6. The van der Waals surface area contributed by atoms with Crippen LogP contribution < -0.4 is 0 Å². The molecule has 0 fully saturated rings. The summed E-state index contributed by atoms with van der Waals surface area (Å²) in [4.78, 5) is 20.6. The summed E-state index contributed by atoms with van der Waals surface area (Å²) in [5.41, 5.74) is 1.93. The number of ether oxygens (including phenoxy) is 1. The van der Waals surface area contributed by atoms with E-state index in [1.165, 1.54) is 7.11 Å². The first kappa shape index (κ1) is 18.8. The van der Waals surface area contributed by atoms with Gasteiger partial charge in [0.2, 0.25) is 0 Å². The average Bonchev–Trinajstić information content (AvgIpc) is 2.34. The summed E-state index contributed by atoms with van der Waals surface area (Å²) < 4.78 is 4.27. The Morgan fingerprint density at radius 1 is 1.22 bits per heavy atom. The maximum atomic E-state index is 10.4. The fraction of sp³-hybridized carbons (Fsp3) is 0.571. The zero-order chi connectivity index (χ0) is 14.7. The minimum Gasteiger partial charge on any atom is -0.478 e. The van der Waals surface area contributed by atoms with Gasteiger partial charge in [-0.15, -0.1) is 0 Å². The lowest BCUT2D eigenvalue weighted by atomic mass is 10.1. The first-order valence-corrected chi connectivity index (χ1v) is 5.91. The van der Waals surface area contributed by atoms with Gasteiger partial charge in [0.25, 0.3) is 0 Å². The summed E-state index contributed by atoms with van der Waals surface area (Å²) in [6, 6.07) is 0. The first-order valence-electron chi connectivity index (χ1n) is 5.91. The van der Waals surface area contributed by atoms with Crippen molar-refractivity contribution in [3.63, 3.8) is 0 Å². The number of unbranched alkanes of at least 4 members (excludes halogenated alkanes) is 1. The minimum absolute atomic E-state index is 0.347. The molecule has 1 N–H and O–H groups in total. The van der Waals surface area contributed by atoms with Crippen LogP contribution in [0.3, 0.4) is 0 Å². The molecule has 0 aromatic carbocycles. The predicted molar refractivity (Wildman–Crippen MR) is 72.4 cm³/mol. The van der Waals surface area contributed by atoms with Crippen molar-refractivity contribution < 1.29 is 19.4 Å². The molecule has 0 aliphatic rings. The van der Waals surface area contributed by atoms with Gasteiger partial charge < -0.3 is 9.84 Å². The molecule has 104 valence electrons. The Morgan fingerprint density at radius 3 is 1.94 bits per heavy atom. The number of carboxylic acid groups (broad SMARTS) is 1. The highest BCUT2D eigenvalue weighted by molar-refractivity contribution is 5.87. The molecule has 0 aromatic heterocycles. The van der Waals surface area contributed by atoms with Crippen LogP contribution >= 0.6 is 0 Å². The van der Waals surface area contributed by atoms with Crippen molar-refractivity contribution in [3.8, 4) is 0 Å². The third-order valence-corrected chi connectivity index (χ3v) is 2.40. The Labute approximate surface area is 109 Å². The van der Waals surface area contributed by atoms with E-state index in [1.807, 2.05) is 6.92 Å². The second-order valence-electron chi connectivity index (χ2n) is 4.09. The van der Waals surface area contributed by atoms with Crippen LogP contribution in [0.5, 0.6) is 0 Å². The molecule has 4 nitrogen and oxygen atoms in total. The second-order valence-corrected chi connectivity index (χ2v) is 4.09. The van der Waals surface area contributed by atoms with Gasteiger partial charge in [0.15, 0.2) is 0 Å². The molecule has 4 heteroatoms. The van der Waals surface area contributed by atoms with Crippen LogP contribution in [-0.4, -0.2) is 24.2 Å². The van der Waals surface area contributed by atoms with Gasteiger partial charge in [0.1, 0.15) is 0 Å². The molecule has 0 aromatic rings. The van der Waals surface area contributed by atoms with Crippen molar-refractivity contribution in [2.24, 2.45) is 0 Å². The van der Waals surface area contributed by atoms with E-state index < -0.39 is 5.97 Å². The molecule has 0 heterocycles. The third kappa shape index (κ3) is 9.63. The van der Waals surface area contributed by atoms with Crippen molar-refractivity contribution in [1.29, 1.82) is 0 Å². The van der Waals surface area contributed by atoms with E-state index in [0.29, 0.717) is 11.1 Å². The van der Waals surface area contributed by atoms with E-state index in [0.717, 1.165) is 24.8 Å². The summed E-state index contributed by atoms with van der Waals surface area (Å²) in [6.07, 6.45) is 3.11. The highest BCUT2D eigenvalue weighted by atomic mass is 16.5. The number of aliphatic carboxylic acids is 1. The zero-order valence-corrected chi connectivity index (χ0v) is 12.0. The summed E-state index contributed by atoms with van der Waals surface area (Å²) in [5.74, 6) is -1.14. The number of hydrogen-bond acceptors (Lipinski definition) is 3. The van der Waals surface area contributed by atoms with E-state index in [1.54, 1.807) is 13.8 Å². The number of methoxy groups -OCH3 is 1. The van der Waals surface area contributed by atoms with Crippen molar-refractivity contribution in [2.75, 3.05) is 7.11 Å². The van der Waals surface area contributed by atoms with Crippen LogP contribution in [-0.2, 0) is 14.3 Å². The highest BCUT2D eigenvalue weighted by Crippen LogP contribution is 2.11. The van der Waals surface area contributed by atoms with Crippen molar-refractivity contribution >= 4 is 11.9 Å². The number of carbonyl (C=O) groups is 2. The van der Waals surface area contributed by atoms with Crippen molar-refractivity contribution in [2.45, 2.75) is 47.0 Å². The predicted octanol–water partition coefficient (Wildman–Crippen LogP) is 3.33. The van der Waals surface area contributed by atoms with Crippen LogP contribution in [0.15, 0.2) is 23.3 Å². The maximum Gasteiger partial charge on any atom is 0.332 e. The van der Waals surface area contributed by atoms with E-state index in [-0.39, 0.29) is 5.97 Å². The first-order chi connectivity index (χ1) is 8.27. The molecule has 18 heavy (non-hydrogen) atoms. The Kier molecular flexibility index (Phi) is 11.0. The lowest BCUT2D eigenvalue weighted by Crippen LogP contribution is -1.99. The number of esters is 1. The topological polar surface area (TPSA) is 63.6 Å². The van der Waals surface area contributed by atoms with E-state index in [9.17, 15) is 9.59 Å². The van der Waals surface area contributed by atoms with Gasteiger partial charge in [0.05, 0.1) is 7.11 Å². The van der Waals surface area contributed by atoms with E-state index in [4.69, 9.17) is 5.11 Å². The maximum absolute atomic E-state index is 10.4. The molecule has 0 saturated heterocycles. The molecular weight excluding hydrogens is 232 g/mol. The summed E-state index contributed by atoms with van der Waals surface area (Å²) in [7, 11) is 1.33. The van der Waals surface area contributed by atoms with Gasteiger partial charge in [-0.1, -0.05) is 25.5 Å². The van der Waals surface area contributed by atoms with Crippen molar-refractivity contribution in [3.05, 3.63) is 23.3 Å². The number of rotatable bonds is 5. The van der Waals surface area contributed by atoms with Gasteiger partial charge >= 0.3 is 11.9 Å². The van der Waals surface area contributed by atoms with Crippen molar-refractivity contribution in [1.82, 2.24) is 0 Å². The SMILES string of the molecule is C=C(C)C(=O)OC.CCCCC(C)=C(C)C(=O)O. The smallest absolute Gasteiger partial charge is 0.332 e. The highest BCUT2D eigenvalue weighted by Gasteiger charge is 2.03. The number of allylic oxidation sites excluding steroid dienone is 1. The molecule has 0 saturated carbocycles. The molecule has 0 aliphatic carbocycles. The summed E-state index contributed by atoms with van der Waals surface area (Å²) >= 11 is 0. The Bertz CT molecular complexity index is 327. The largest absolute Gasteiger partial charge is 0.478 e. The van der Waals surface area contributed by atoms with Crippen LogP contribution in [0.1, 0.15) is 47.0 Å². The number of hydrogen-bond donors (Lipinski definition) is 1. The van der Waals surface area contributed by atoms with Gasteiger partial charge in [-0.25, -0.2) is 9.59 Å². The van der Waals surface area contributed by atoms with Gasteiger partial charge in [-0.2, -0.15) is 0 Å². The van der Waals surface area contributed by atoms with Crippen LogP contribution in [0, 0.1) is 0 Å². The van der Waals surface area contributed by atoms with E-state index >= 15 is 0 Å². The molecule has 0 unspecified atom stereocenters. The molecule has 0 rings (SSSR count). The monoisotopic (exact) mass is 256 g/mol. The summed E-state index contributed by atoms with van der Waals surface area (Å²) in [5, 5.41) is 8.59. The molecule has 0 radical (unpaired) electrons. The Hall–Kier alpha value is -1.58. The Balaban J connectivity index is 0. The average molecular weight is 256 g/mol. The van der Waals surface area contributed by atoms with Crippen LogP contribution in [0.4, 0.5) is 0 Å². The standard InChI is InChI=1S/C9H16O2.C5H8O2/c1-4-5-6-7(2)8(3)9(10)11;1-4(2)5(6)7-3/h4-6H2,1-3H3,(H,10,11);1H2,2-3H3. The van der Waals surface area contributed by atoms with E-state index in [2.05, 4.69) is 18.2 Å². The molecule has 0 amide bonds. The lowest BCUT2D eigenvalue weighted by molar-refractivity contribution is -0.136. The fourth-order valence-electron chi connectivity index (χ4n) is 0.986. The molecule has 0 spiro atoms. The molecular formula is C14H24O4. The summed E-state index contributed by atoms with van der Waals surface area (Å²) in [6.45, 7) is 10.6. The third-order valence-electron chi connectivity index (χ3n) is 2.40. The quantitative estimate of drug-likeness (QED) is 0.605. The zero-order valence-electron chi connectivity index (χ0n) is 12.0. The molecule has 0 bridgehead atoms. The van der Waals surface area contributed by atoms with Gasteiger partial charge in [0, 0.05) is 11.1 Å². The van der Waals surface area contributed by atoms with Gasteiger partial charge in [-0.3, -0.25) is 0 Å². The van der Waals surface area contributed by atoms with Gasteiger partial charge in [-0.05, 0) is 33.6 Å². The number of carbonyl (C=O) groups excluding carboxylic acids is 1. The Morgan fingerprint density at radius 2 is 1.72 bits per heavy atom.